The molecule has 0 aromatic heterocycles. The van der Waals surface area contributed by atoms with Gasteiger partial charge in [0.25, 0.3) is 0 Å². The van der Waals surface area contributed by atoms with Crippen molar-refractivity contribution < 1.29 is 37.4 Å². The van der Waals surface area contributed by atoms with Crippen LogP contribution in [0.2, 0.25) is 0 Å². The molecule has 5 aliphatic rings. The van der Waals surface area contributed by atoms with Gasteiger partial charge >= 0.3 is 5.97 Å². The van der Waals surface area contributed by atoms with Crippen LogP contribution in [0.4, 0.5) is 8.78 Å². The molecular formula is C26H38Cl2F2N2O6. The van der Waals surface area contributed by atoms with E-state index in [1.54, 1.807) is 0 Å². The number of hydrogen-bond acceptors (Lipinski definition) is 6. The Morgan fingerprint density at radius 2 is 1.32 bits per heavy atom. The quantitative estimate of drug-likeness (QED) is 0.318. The molecule has 12 heteroatoms. The highest BCUT2D eigenvalue weighted by Gasteiger charge is 2.58. The molecule has 5 saturated carbocycles. The third-order valence-corrected chi connectivity index (χ3v) is 9.81. The van der Waals surface area contributed by atoms with Crippen molar-refractivity contribution in [3.05, 3.63) is 0 Å². The van der Waals surface area contributed by atoms with E-state index in [0.29, 0.717) is 57.8 Å². The number of hydrogen-bond donors (Lipinski definition) is 2. The van der Waals surface area contributed by atoms with Gasteiger partial charge in [0.15, 0.2) is 0 Å². The van der Waals surface area contributed by atoms with Crippen LogP contribution in [0.25, 0.3) is 0 Å². The summed E-state index contributed by atoms with van der Waals surface area (Å²) in [6.07, 6.45) is 1.90. The Balaban J connectivity index is 1.30. The van der Waals surface area contributed by atoms with Gasteiger partial charge in [-0.05, 0) is 57.8 Å². The van der Waals surface area contributed by atoms with Gasteiger partial charge in [0.05, 0.1) is 41.5 Å². The topological polar surface area (TPSA) is 103 Å². The Hall–Kier alpha value is -1.23. The van der Waals surface area contributed by atoms with Crippen LogP contribution in [-0.4, -0.2) is 84.5 Å². The fraction of sp³-hybridized carbons (Fsp3) is 0.885. The molecular weight excluding hydrogens is 545 g/mol. The molecule has 0 saturated heterocycles. The van der Waals surface area contributed by atoms with E-state index >= 15 is 0 Å². The molecule has 0 spiro atoms. The Morgan fingerprint density at radius 1 is 0.816 bits per heavy atom. The van der Waals surface area contributed by atoms with Crippen molar-refractivity contribution in [3.8, 4) is 0 Å². The van der Waals surface area contributed by atoms with Crippen LogP contribution in [-0.2, 0) is 28.6 Å². The molecule has 0 heterocycles. The lowest BCUT2D eigenvalue weighted by Crippen LogP contribution is -2.70. The van der Waals surface area contributed by atoms with Crippen LogP contribution in [0.15, 0.2) is 0 Å². The van der Waals surface area contributed by atoms with E-state index in [9.17, 15) is 23.2 Å². The van der Waals surface area contributed by atoms with Crippen molar-refractivity contribution in [1.29, 1.82) is 0 Å². The maximum Gasteiger partial charge on any atom is 0.311 e. The molecule has 6 unspecified atom stereocenters. The largest absolute Gasteiger partial charge is 0.469 e. The van der Waals surface area contributed by atoms with Crippen molar-refractivity contribution in [2.45, 2.75) is 117 Å². The summed E-state index contributed by atoms with van der Waals surface area (Å²) in [6.45, 7) is -0.426. The van der Waals surface area contributed by atoms with E-state index in [0.717, 1.165) is 0 Å². The summed E-state index contributed by atoms with van der Waals surface area (Å²) < 4.78 is 44.2. The van der Waals surface area contributed by atoms with Gasteiger partial charge in [-0.1, -0.05) is 0 Å². The molecule has 0 aromatic carbocycles. The van der Waals surface area contributed by atoms with Crippen LogP contribution >= 0.6 is 23.2 Å². The number of esters is 1. The number of fused-ring (bicyclic) bond motifs is 3. The van der Waals surface area contributed by atoms with Crippen LogP contribution < -0.4 is 10.6 Å². The predicted octanol–water partition coefficient (Wildman–Crippen LogP) is 3.49. The zero-order chi connectivity index (χ0) is 27.5. The Labute approximate surface area is 232 Å². The van der Waals surface area contributed by atoms with E-state index in [1.807, 2.05) is 0 Å². The molecule has 0 aromatic rings. The Morgan fingerprint density at radius 3 is 1.79 bits per heavy atom. The molecule has 216 valence electrons. The first-order chi connectivity index (χ1) is 18.0. The molecule has 2 N–H and O–H groups in total. The molecule has 38 heavy (non-hydrogen) atoms. The number of carbonyl (C=O) groups excluding carboxylic acids is 3. The lowest BCUT2D eigenvalue weighted by Gasteiger charge is -2.57. The number of halogens is 4. The number of carbonyl (C=O) groups is 3. The van der Waals surface area contributed by atoms with E-state index in [2.05, 4.69) is 10.6 Å². The fourth-order valence-electron chi connectivity index (χ4n) is 6.57. The van der Waals surface area contributed by atoms with E-state index in [4.69, 9.17) is 37.4 Å². The Bertz CT molecular complexity index is 875. The summed E-state index contributed by atoms with van der Waals surface area (Å²) in [5.41, 5.74) is -1.42. The van der Waals surface area contributed by atoms with E-state index < -0.39 is 46.1 Å². The highest BCUT2D eigenvalue weighted by Crippen LogP contribution is 2.50. The minimum absolute atomic E-state index is 0.158. The summed E-state index contributed by atoms with van der Waals surface area (Å²) in [4.78, 5) is 38.4. The zero-order valence-corrected chi connectivity index (χ0v) is 23.2. The second kappa shape index (κ2) is 12.5. The highest BCUT2D eigenvalue weighted by atomic mass is 35.5. The second-order valence-corrected chi connectivity index (χ2v) is 12.5. The van der Waals surface area contributed by atoms with Gasteiger partial charge in [-0.2, -0.15) is 0 Å². The van der Waals surface area contributed by atoms with Gasteiger partial charge in [0.1, 0.15) is 25.6 Å². The minimum atomic E-state index is -1.16. The SMILES string of the molecule is COC(=O)[C@@H]1CC2(NC(=O)COC3CCC(Cl)C(F)C3)CCC1(NC(=O)COC1CCC(Cl)C(F)C1)CC2. The third kappa shape index (κ3) is 6.91. The van der Waals surface area contributed by atoms with Gasteiger partial charge in [0.2, 0.25) is 11.8 Å². The minimum Gasteiger partial charge on any atom is -0.469 e. The van der Waals surface area contributed by atoms with Gasteiger partial charge in [0, 0.05) is 18.4 Å². The molecule has 2 amide bonds. The smallest absolute Gasteiger partial charge is 0.311 e. The fourth-order valence-corrected chi connectivity index (χ4v) is 7.03. The summed E-state index contributed by atoms with van der Waals surface area (Å²) in [6, 6.07) is 0. The van der Waals surface area contributed by atoms with Crippen LogP contribution in [0, 0.1) is 5.92 Å². The first-order valence-corrected chi connectivity index (χ1v) is 14.4. The molecule has 0 radical (unpaired) electrons. The third-order valence-electron chi connectivity index (χ3n) is 8.83. The Kier molecular flexibility index (Phi) is 9.80. The van der Waals surface area contributed by atoms with Crippen LogP contribution in [0.3, 0.4) is 0 Å². The summed E-state index contributed by atoms with van der Waals surface area (Å²) in [5.74, 6) is -1.78. The van der Waals surface area contributed by atoms with Crippen LogP contribution in [0.1, 0.15) is 70.6 Å². The average Bonchev–Trinajstić information content (AvgIpc) is 2.90. The molecule has 5 rings (SSSR count). The van der Waals surface area contributed by atoms with Crippen molar-refractivity contribution in [1.82, 2.24) is 10.6 Å². The second-order valence-electron chi connectivity index (χ2n) is 11.4. The van der Waals surface area contributed by atoms with E-state index in [-0.39, 0.29) is 50.1 Å². The van der Waals surface area contributed by atoms with Gasteiger partial charge < -0.3 is 24.8 Å². The number of nitrogens with one attached hydrogen (secondary N) is 2. The predicted molar refractivity (Wildman–Crippen MR) is 137 cm³/mol. The van der Waals surface area contributed by atoms with Gasteiger partial charge in [-0.15, -0.1) is 23.2 Å². The van der Waals surface area contributed by atoms with Crippen molar-refractivity contribution in [3.63, 3.8) is 0 Å². The molecule has 5 aliphatic carbocycles. The van der Waals surface area contributed by atoms with Crippen molar-refractivity contribution >= 4 is 41.0 Å². The lowest BCUT2D eigenvalue weighted by molar-refractivity contribution is -0.158. The van der Waals surface area contributed by atoms with Gasteiger partial charge in [-0.25, -0.2) is 8.78 Å². The maximum atomic E-state index is 13.9. The first-order valence-electron chi connectivity index (χ1n) is 13.5. The molecule has 7 atom stereocenters. The summed E-state index contributed by atoms with van der Waals surface area (Å²) >= 11 is 11.8. The average molecular weight is 584 g/mol. The van der Waals surface area contributed by atoms with Crippen LogP contribution in [0.5, 0.6) is 0 Å². The summed E-state index contributed by atoms with van der Waals surface area (Å²) in [5, 5.41) is 5.05. The highest BCUT2D eigenvalue weighted by molar-refractivity contribution is 6.21. The lowest BCUT2D eigenvalue weighted by atomic mass is 9.56. The molecule has 8 nitrogen and oxygen atoms in total. The number of rotatable bonds is 9. The molecule has 0 aliphatic heterocycles. The summed E-state index contributed by atoms with van der Waals surface area (Å²) in [7, 11) is 1.30. The monoisotopic (exact) mass is 582 g/mol. The van der Waals surface area contributed by atoms with Crippen molar-refractivity contribution in [2.24, 2.45) is 5.92 Å². The zero-order valence-electron chi connectivity index (χ0n) is 21.7. The molecule has 2 bridgehead atoms. The number of ether oxygens (including phenoxy) is 3. The first kappa shape index (κ1) is 29.7. The number of methoxy groups -OCH3 is 1. The molecule has 5 fully saturated rings. The normalized spacial score (nSPS) is 40.8. The van der Waals surface area contributed by atoms with E-state index in [1.165, 1.54) is 7.11 Å². The van der Waals surface area contributed by atoms with Gasteiger partial charge in [-0.3, -0.25) is 14.4 Å². The standard InChI is InChI=1S/C26H38Cl2F2N2O6/c1-36-24(35)17-12-25(31-22(33)13-37-15-2-4-18(27)20(29)10-15)6-8-26(17,9-7-25)32-23(34)14-38-16-3-5-19(28)21(30)11-16/h15-21H,2-14H2,1H3,(H,31,33)(H,32,34)/t15?,16?,17-,18?,19?,20?,21?,25?,26?/m0/s1. The maximum absolute atomic E-state index is 13.9. The van der Waals surface area contributed by atoms with Crippen molar-refractivity contribution in [2.75, 3.05) is 20.3 Å². The number of alkyl halides is 4. The number of amides is 2.